The summed E-state index contributed by atoms with van der Waals surface area (Å²) in [5.74, 6) is -4.62. The van der Waals surface area contributed by atoms with Crippen molar-refractivity contribution in [1.82, 2.24) is 0 Å². The summed E-state index contributed by atoms with van der Waals surface area (Å²) in [7, 11) is -5.08. The molecule has 0 radical (unpaired) electrons. The van der Waals surface area contributed by atoms with Crippen LogP contribution in [0.3, 0.4) is 0 Å². The van der Waals surface area contributed by atoms with Crippen LogP contribution >= 0.6 is 0 Å². The van der Waals surface area contributed by atoms with Crippen molar-refractivity contribution in [2.24, 2.45) is 0 Å². The number of hydrogen-bond donors (Lipinski definition) is 1. The molecule has 0 fully saturated rings. The van der Waals surface area contributed by atoms with Gasteiger partial charge in [-0.05, 0) is 64.2 Å². The first kappa shape index (κ1) is 64.8. The number of ether oxygens (including phenoxy) is 2. The van der Waals surface area contributed by atoms with E-state index < -0.39 is 45.7 Å². The predicted octanol–water partition coefficient (Wildman–Crippen LogP) is -0.686. The summed E-state index contributed by atoms with van der Waals surface area (Å²) in [5, 5.41) is -2.35. The van der Waals surface area contributed by atoms with Crippen molar-refractivity contribution >= 4 is 34.0 Å². The molecule has 0 aromatic rings. The van der Waals surface area contributed by atoms with Gasteiger partial charge in [-0.25, -0.2) is 0 Å². The molecule has 0 aliphatic rings. The van der Waals surface area contributed by atoms with E-state index in [9.17, 15) is 32.1 Å². The number of allylic oxidation sites excluding steroid dienone is 4. The van der Waals surface area contributed by atoms with Crippen LogP contribution in [-0.2, 0) is 38.8 Å². The monoisotopic (exact) mass is 822 g/mol. The molecule has 298 valence electrons. The van der Waals surface area contributed by atoms with Crippen LogP contribution in [0.1, 0.15) is 206 Å². The van der Waals surface area contributed by atoms with Gasteiger partial charge in [-0.2, -0.15) is 8.42 Å². The van der Waals surface area contributed by atoms with Gasteiger partial charge in [0, 0.05) is 12.8 Å². The van der Waals surface area contributed by atoms with E-state index in [0.717, 1.165) is 77.0 Å². The van der Waals surface area contributed by atoms with E-state index in [0.29, 0.717) is 12.8 Å². The zero-order valence-corrected chi connectivity index (χ0v) is 44.3. The number of esters is 4. The van der Waals surface area contributed by atoms with Gasteiger partial charge in [0.2, 0.25) is 0 Å². The zero-order chi connectivity index (χ0) is 37.1. The number of carbonyl (C=O) groups is 4. The van der Waals surface area contributed by atoms with E-state index in [-0.39, 0.29) is 137 Å². The summed E-state index contributed by atoms with van der Waals surface area (Å²) in [6.45, 7) is 4.45. The van der Waals surface area contributed by atoms with Gasteiger partial charge in [0.05, 0.1) is 6.42 Å². The molecule has 1 N–H and O–H groups in total. The van der Waals surface area contributed by atoms with Crippen LogP contribution < -0.4 is 118 Å². The quantitative estimate of drug-likeness (QED) is 0.0223. The van der Waals surface area contributed by atoms with Crippen LogP contribution in [0, 0.1) is 0 Å². The Morgan fingerprint density at radius 1 is 0.481 bits per heavy atom. The summed E-state index contributed by atoms with van der Waals surface area (Å²) in [5.41, 5.74) is 0. The average Bonchev–Trinajstić information content (AvgIpc) is 3.06. The third kappa shape index (κ3) is 44.8. The molecule has 0 aromatic heterocycles. The summed E-state index contributed by atoms with van der Waals surface area (Å²) in [6.07, 6.45) is 36.1. The molecule has 0 aromatic carbocycles. The third-order valence-corrected chi connectivity index (χ3v) is 9.78. The summed E-state index contributed by atoms with van der Waals surface area (Å²) >= 11 is 0. The molecule has 0 saturated carbocycles. The largest absolute Gasteiger partial charge is 1.00 e. The molecule has 14 heteroatoms. The van der Waals surface area contributed by atoms with Crippen LogP contribution in [0.15, 0.2) is 24.3 Å². The SMILES string of the molecule is CCCCCCCC/C=C\CCCCCCCC(=O)OC(=O)CC(C(=O)OC(=O)CCCCCCC/C=C\CCCCCCCC)S(=O)(=O)O.[H-].[H-].[H-].[H-].[Na+].[Na+].[Na+].[Na+]. The van der Waals surface area contributed by atoms with Gasteiger partial charge in [-0.15, -0.1) is 0 Å². The molecule has 1 unspecified atom stereocenters. The predicted molar refractivity (Wildman–Crippen MR) is 206 cm³/mol. The first-order valence-corrected chi connectivity index (χ1v) is 21.4. The number of unbranched alkanes of at least 4 members (excludes halogenated alkanes) is 22. The number of hydrogen-bond acceptors (Lipinski definition) is 8. The molecule has 0 spiro atoms. The van der Waals surface area contributed by atoms with Crippen molar-refractivity contribution in [3.05, 3.63) is 24.3 Å². The van der Waals surface area contributed by atoms with Crippen molar-refractivity contribution in [1.29, 1.82) is 0 Å². The average molecular weight is 823 g/mol. The van der Waals surface area contributed by atoms with Crippen LogP contribution in [0.25, 0.3) is 0 Å². The molecular formula is C40H74Na4O9S. The molecule has 54 heavy (non-hydrogen) atoms. The molecule has 0 heterocycles. The van der Waals surface area contributed by atoms with E-state index in [4.69, 9.17) is 0 Å². The Hall–Kier alpha value is 1.67. The molecule has 0 aliphatic heterocycles. The van der Waals surface area contributed by atoms with Crippen molar-refractivity contribution in [2.75, 3.05) is 0 Å². The first-order valence-electron chi connectivity index (χ1n) is 19.9. The van der Waals surface area contributed by atoms with Crippen LogP contribution in [0.4, 0.5) is 0 Å². The van der Waals surface area contributed by atoms with Gasteiger partial charge in [-0.3, -0.25) is 23.7 Å². The smallest absolute Gasteiger partial charge is 1.00 e. The fourth-order valence-corrected chi connectivity index (χ4v) is 6.23. The van der Waals surface area contributed by atoms with Gasteiger partial charge in [0.1, 0.15) is 0 Å². The van der Waals surface area contributed by atoms with E-state index in [1.165, 1.54) is 77.0 Å². The van der Waals surface area contributed by atoms with Gasteiger partial charge < -0.3 is 15.2 Å². The number of rotatable bonds is 34. The standard InChI is InChI=1S/C40H70O9S.4Na.4H/c1-3-5-7-9-11-13-15-17-19-21-23-25-27-29-31-33-37(41)48-39(43)35-36(50(45,46)47)40(44)49-38(42)34-32-30-28-26-24-22-20-18-16-14-12-10-8-6-4-2;;;;;;;;/h17-20,36H,3-16,21-35H2,1-2H3,(H,45,46,47);;;;;;;;/q;4*+1;4*-1/b19-17-,20-18-;;;;;;;;. The summed E-state index contributed by atoms with van der Waals surface area (Å²) < 4.78 is 42.2. The maximum absolute atomic E-state index is 12.3. The minimum Gasteiger partial charge on any atom is -1.00 e. The first-order chi connectivity index (χ1) is 24.1. The van der Waals surface area contributed by atoms with Crippen molar-refractivity contribution < 1.29 is 166 Å². The maximum Gasteiger partial charge on any atom is 1.00 e. The fourth-order valence-electron chi connectivity index (χ4n) is 5.59. The molecule has 0 rings (SSSR count). The Labute approximate surface area is 424 Å². The minimum absolute atomic E-state index is 0. The molecule has 0 saturated heterocycles. The van der Waals surface area contributed by atoms with E-state index in [1.54, 1.807) is 0 Å². The number of carbonyl (C=O) groups excluding carboxylic acids is 4. The van der Waals surface area contributed by atoms with E-state index >= 15 is 0 Å². The van der Waals surface area contributed by atoms with E-state index in [2.05, 4.69) is 47.6 Å². The maximum atomic E-state index is 12.3. The third-order valence-electron chi connectivity index (χ3n) is 8.70. The molecule has 0 bridgehead atoms. The molecule has 1 atom stereocenters. The van der Waals surface area contributed by atoms with Crippen molar-refractivity contribution in [3.63, 3.8) is 0 Å². The molecule has 0 aliphatic carbocycles. The normalized spacial score (nSPS) is 11.5. The van der Waals surface area contributed by atoms with E-state index in [1.807, 2.05) is 0 Å². The Kier molecular flexibility index (Phi) is 56.8. The fraction of sp³-hybridized carbons (Fsp3) is 0.800. The topological polar surface area (TPSA) is 141 Å². The second-order valence-corrected chi connectivity index (χ2v) is 15.1. The summed E-state index contributed by atoms with van der Waals surface area (Å²) in [4.78, 5) is 48.6. The van der Waals surface area contributed by atoms with Crippen LogP contribution in [0.5, 0.6) is 0 Å². The Morgan fingerprint density at radius 2 is 0.778 bits per heavy atom. The van der Waals surface area contributed by atoms with Gasteiger partial charge >= 0.3 is 142 Å². The van der Waals surface area contributed by atoms with Crippen LogP contribution in [0.2, 0.25) is 0 Å². The molecule has 9 nitrogen and oxygen atoms in total. The Balaban J connectivity index is -0.000000429. The Morgan fingerprint density at radius 3 is 1.11 bits per heavy atom. The van der Waals surface area contributed by atoms with Crippen LogP contribution in [-0.4, -0.2) is 42.1 Å². The summed E-state index contributed by atoms with van der Waals surface area (Å²) in [6, 6.07) is 0. The zero-order valence-electron chi connectivity index (χ0n) is 39.5. The van der Waals surface area contributed by atoms with Gasteiger partial charge in [0.15, 0.2) is 5.25 Å². The Bertz CT molecular complexity index is 1090. The second-order valence-electron chi connectivity index (χ2n) is 13.5. The molecule has 0 amide bonds. The van der Waals surface area contributed by atoms with Crippen molar-refractivity contribution in [3.8, 4) is 0 Å². The molecular weight excluding hydrogens is 748 g/mol. The van der Waals surface area contributed by atoms with Gasteiger partial charge in [0.25, 0.3) is 10.1 Å². The van der Waals surface area contributed by atoms with Gasteiger partial charge in [-0.1, -0.05) is 141 Å². The second kappa shape index (κ2) is 47.3. The minimum atomic E-state index is -5.08. The van der Waals surface area contributed by atoms with Crippen molar-refractivity contribution in [2.45, 2.75) is 205 Å².